The maximum atomic E-state index is 12.0. The van der Waals surface area contributed by atoms with Crippen molar-refractivity contribution >= 4 is 76.8 Å². The molecule has 0 radical (unpaired) electrons. The zero-order valence-electron chi connectivity index (χ0n) is 11.2. The summed E-state index contributed by atoms with van der Waals surface area (Å²) < 4.78 is 3.91. The van der Waals surface area contributed by atoms with Crippen molar-refractivity contribution in [2.45, 2.75) is 4.34 Å². The van der Waals surface area contributed by atoms with Crippen LogP contribution in [0, 0.1) is 0 Å². The van der Waals surface area contributed by atoms with Gasteiger partial charge in [0.25, 0.3) is 0 Å². The van der Waals surface area contributed by atoms with E-state index in [4.69, 9.17) is 0 Å². The van der Waals surface area contributed by atoms with Gasteiger partial charge < -0.3 is 5.32 Å². The van der Waals surface area contributed by atoms with Gasteiger partial charge in [0.1, 0.15) is 0 Å². The first-order chi connectivity index (χ1) is 10.6. The summed E-state index contributed by atoms with van der Waals surface area (Å²) >= 11 is 9.89. The summed E-state index contributed by atoms with van der Waals surface area (Å²) in [6.07, 6.45) is 0. The van der Waals surface area contributed by atoms with E-state index in [1.54, 1.807) is 11.3 Å². The van der Waals surface area contributed by atoms with E-state index < -0.39 is 0 Å². The molecule has 1 N–H and O–H groups in total. The number of hydrogen-bond donors (Lipinski definition) is 1. The summed E-state index contributed by atoms with van der Waals surface area (Å²) in [6.45, 7) is 0. The van der Waals surface area contributed by atoms with E-state index in [1.165, 1.54) is 11.8 Å². The molecule has 0 saturated carbocycles. The molecule has 0 saturated heterocycles. The molecule has 0 aliphatic carbocycles. The van der Waals surface area contributed by atoms with E-state index in [0.717, 1.165) is 29.2 Å². The zero-order chi connectivity index (χ0) is 15.5. The molecule has 112 valence electrons. The van der Waals surface area contributed by atoms with Gasteiger partial charge in [-0.15, -0.1) is 11.3 Å². The third kappa shape index (κ3) is 3.90. The van der Waals surface area contributed by atoms with Gasteiger partial charge in [-0.1, -0.05) is 23.9 Å². The first-order valence-corrected chi connectivity index (χ1v) is 9.74. The molecule has 0 atom stereocenters. The Morgan fingerprint density at radius 2 is 2.00 bits per heavy atom. The fourth-order valence-electron chi connectivity index (χ4n) is 1.81. The molecular weight excluding hydrogens is 448 g/mol. The van der Waals surface area contributed by atoms with Gasteiger partial charge >= 0.3 is 0 Å². The van der Waals surface area contributed by atoms with Crippen molar-refractivity contribution in [2.75, 3.05) is 11.1 Å². The van der Waals surface area contributed by atoms with E-state index in [1.807, 2.05) is 42.5 Å². The number of para-hydroxylation sites is 1. The van der Waals surface area contributed by atoms with E-state index in [2.05, 4.69) is 42.2 Å². The molecule has 0 fully saturated rings. The Bertz CT molecular complexity index is 802. The standard InChI is InChI=1S/C15H10Br2N2OS2/c16-10-6-5-9(7-11(10)17)18-14(20)8-21-15-19-12-3-1-2-4-13(12)22-15/h1-7H,8H2,(H,18,20). The van der Waals surface area contributed by atoms with Crippen LogP contribution >= 0.6 is 55.0 Å². The Kier molecular flexibility index (Phi) is 5.18. The Morgan fingerprint density at radius 3 is 2.77 bits per heavy atom. The number of fused-ring (bicyclic) bond motifs is 1. The van der Waals surface area contributed by atoms with E-state index in [-0.39, 0.29) is 5.91 Å². The molecule has 3 nitrogen and oxygen atoms in total. The highest BCUT2D eigenvalue weighted by Gasteiger charge is 2.08. The van der Waals surface area contributed by atoms with Gasteiger partial charge in [-0.25, -0.2) is 4.98 Å². The molecule has 1 amide bonds. The van der Waals surface area contributed by atoms with Crippen molar-refractivity contribution in [3.63, 3.8) is 0 Å². The predicted octanol–water partition coefficient (Wildman–Crippen LogP) is 5.55. The Morgan fingerprint density at radius 1 is 1.18 bits per heavy atom. The number of thioether (sulfide) groups is 1. The van der Waals surface area contributed by atoms with Gasteiger partial charge in [0.05, 0.1) is 16.0 Å². The summed E-state index contributed by atoms with van der Waals surface area (Å²) in [4.78, 5) is 16.5. The molecule has 3 rings (SSSR count). The van der Waals surface area contributed by atoms with Gasteiger partial charge in [-0.05, 0) is 62.2 Å². The summed E-state index contributed by atoms with van der Waals surface area (Å²) in [6, 6.07) is 13.6. The SMILES string of the molecule is O=C(CSc1nc2ccccc2s1)Nc1ccc(Br)c(Br)c1. The first kappa shape index (κ1) is 16.0. The molecule has 2 aromatic carbocycles. The molecule has 0 aliphatic heterocycles. The zero-order valence-corrected chi connectivity index (χ0v) is 16.0. The predicted molar refractivity (Wildman–Crippen MR) is 101 cm³/mol. The normalized spacial score (nSPS) is 10.8. The highest BCUT2D eigenvalue weighted by atomic mass is 79.9. The van der Waals surface area contributed by atoms with Crippen molar-refractivity contribution < 1.29 is 4.79 Å². The number of rotatable bonds is 4. The molecular formula is C15H10Br2N2OS2. The monoisotopic (exact) mass is 456 g/mol. The molecule has 3 aromatic rings. The lowest BCUT2D eigenvalue weighted by molar-refractivity contribution is -0.113. The smallest absolute Gasteiger partial charge is 0.234 e. The summed E-state index contributed by atoms with van der Waals surface area (Å²) in [5.41, 5.74) is 1.75. The lowest BCUT2D eigenvalue weighted by Crippen LogP contribution is -2.13. The van der Waals surface area contributed by atoms with Crippen LogP contribution < -0.4 is 5.32 Å². The van der Waals surface area contributed by atoms with Crippen LogP contribution in [-0.2, 0) is 4.79 Å². The number of nitrogens with one attached hydrogen (secondary N) is 1. The highest BCUT2D eigenvalue weighted by Crippen LogP contribution is 2.30. The maximum absolute atomic E-state index is 12.0. The van der Waals surface area contributed by atoms with Gasteiger partial charge in [0, 0.05) is 14.6 Å². The molecule has 1 heterocycles. The van der Waals surface area contributed by atoms with Crippen LogP contribution in [0.25, 0.3) is 10.2 Å². The fraction of sp³-hybridized carbons (Fsp3) is 0.0667. The van der Waals surface area contributed by atoms with Crippen LogP contribution in [0.1, 0.15) is 0 Å². The Hall–Kier alpha value is -0.890. The van der Waals surface area contributed by atoms with Gasteiger partial charge in [0.2, 0.25) is 5.91 Å². The second-order valence-electron chi connectivity index (χ2n) is 4.41. The molecule has 0 spiro atoms. The van der Waals surface area contributed by atoms with Crippen molar-refractivity contribution in [3.8, 4) is 0 Å². The van der Waals surface area contributed by atoms with Crippen molar-refractivity contribution in [1.29, 1.82) is 0 Å². The molecule has 0 bridgehead atoms. The number of hydrogen-bond acceptors (Lipinski definition) is 4. The van der Waals surface area contributed by atoms with Crippen LogP contribution in [0.5, 0.6) is 0 Å². The summed E-state index contributed by atoms with van der Waals surface area (Å²) in [5.74, 6) is 0.298. The molecule has 0 aliphatic rings. The Labute approximate surface area is 152 Å². The minimum Gasteiger partial charge on any atom is -0.325 e. The Balaban J connectivity index is 1.60. The average Bonchev–Trinajstić information content (AvgIpc) is 2.92. The number of carbonyl (C=O) groups is 1. The van der Waals surface area contributed by atoms with E-state index in [0.29, 0.717) is 5.75 Å². The second kappa shape index (κ2) is 7.12. The molecule has 1 aromatic heterocycles. The van der Waals surface area contributed by atoms with Crippen molar-refractivity contribution in [1.82, 2.24) is 4.98 Å². The third-order valence-electron chi connectivity index (χ3n) is 2.80. The number of anilines is 1. The van der Waals surface area contributed by atoms with E-state index in [9.17, 15) is 4.79 Å². The van der Waals surface area contributed by atoms with Crippen LogP contribution in [-0.4, -0.2) is 16.6 Å². The fourth-order valence-corrected chi connectivity index (χ4v) is 4.30. The minimum atomic E-state index is -0.0431. The number of benzene rings is 2. The van der Waals surface area contributed by atoms with Crippen LogP contribution in [0.3, 0.4) is 0 Å². The topological polar surface area (TPSA) is 42.0 Å². The number of amides is 1. The van der Waals surface area contributed by atoms with Gasteiger partial charge in [-0.3, -0.25) is 4.79 Å². The summed E-state index contributed by atoms with van der Waals surface area (Å²) in [7, 11) is 0. The third-order valence-corrected chi connectivity index (χ3v) is 6.86. The summed E-state index contributed by atoms with van der Waals surface area (Å²) in [5, 5.41) is 2.88. The largest absolute Gasteiger partial charge is 0.325 e. The second-order valence-corrected chi connectivity index (χ2v) is 8.38. The average molecular weight is 458 g/mol. The number of carbonyl (C=O) groups excluding carboxylic acids is 1. The first-order valence-electron chi connectivity index (χ1n) is 6.35. The lowest BCUT2D eigenvalue weighted by atomic mass is 10.3. The number of aromatic nitrogens is 1. The minimum absolute atomic E-state index is 0.0431. The lowest BCUT2D eigenvalue weighted by Gasteiger charge is -2.05. The molecule has 0 unspecified atom stereocenters. The van der Waals surface area contributed by atoms with Crippen LogP contribution in [0.4, 0.5) is 5.69 Å². The van der Waals surface area contributed by atoms with Gasteiger partial charge in [-0.2, -0.15) is 0 Å². The quantitative estimate of drug-likeness (QED) is 0.522. The molecule has 22 heavy (non-hydrogen) atoms. The van der Waals surface area contributed by atoms with Gasteiger partial charge in [0.15, 0.2) is 4.34 Å². The maximum Gasteiger partial charge on any atom is 0.234 e. The van der Waals surface area contributed by atoms with Crippen molar-refractivity contribution in [2.24, 2.45) is 0 Å². The van der Waals surface area contributed by atoms with E-state index >= 15 is 0 Å². The molecule has 7 heteroatoms. The van der Waals surface area contributed by atoms with Crippen LogP contribution in [0.15, 0.2) is 55.7 Å². The number of halogens is 2. The number of nitrogens with zero attached hydrogens (tertiary/aromatic N) is 1. The highest BCUT2D eigenvalue weighted by molar-refractivity contribution is 9.13. The van der Waals surface area contributed by atoms with Crippen LogP contribution in [0.2, 0.25) is 0 Å². The number of thiazole rings is 1. The van der Waals surface area contributed by atoms with Crippen molar-refractivity contribution in [3.05, 3.63) is 51.4 Å².